The number of rotatable bonds is 4. The molecule has 2 aliphatic rings. The first-order valence-corrected chi connectivity index (χ1v) is 9.99. The molecule has 0 bridgehead atoms. The Morgan fingerprint density at radius 2 is 1.79 bits per heavy atom. The van der Waals surface area contributed by atoms with E-state index in [9.17, 15) is 0 Å². The van der Waals surface area contributed by atoms with E-state index < -0.39 is 0 Å². The molecule has 5 heteroatoms. The van der Waals surface area contributed by atoms with E-state index in [0.717, 1.165) is 23.0 Å². The van der Waals surface area contributed by atoms with E-state index in [1.165, 1.54) is 57.2 Å². The van der Waals surface area contributed by atoms with Crippen LogP contribution in [-0.2, 0) is 6.54 Å². The normalized spacial score (nSPS) is 21.2. The molecule has 0 aromatic heterocycles. The zero-order valence-electron chi connectivity index (χ0n) is 14.6. The molecule has 1 saturated heterocycles. The first-order valence-electron chi connectivity index (χ1n) is 9.20. The number of piperidine rings is 1. The molecule has 2 fully saturated rings. The van der Waals surface area contributed by atoms with Gasteiger partial charge in [0, 0.05) is 43.2 Å². The van der Waals surface area contributed by atoms with Crippen LogP contribution in [0.4, 0.5) is 0 Å². The molecule has 0 radical (unpaired) electrons. The molecular weight excluding hydrogens is 364 g/mol. The fourth-order valence-electron chi connectivity index (χ4n) is 3.85. The van der Waals surface area contributed by atoms with Crippen molar-refractivity contribution in [1.82, 2.24) is 15.5 Å². The summed E-state index contributed by atoms with van der Waals surface area (Å²) < 4.78 is 1.11. The second-order valence-electron chi connectivity index (χ2n) is 6.95. The largest absolute Gasteiger partial charge is 0.354 e. The minimum atomic E-state index is 0.541. The molecule has 24 heavy (non-hydrogen) atoms. The van der Waals surface area contributed by atoms with Gasteiger partial charge in [-0.05, 0) is 43.4 Å². The van der Waals surface area contributed by atoms with Gasteiger partial charge in [0.1, 0.15) is 0 Å². The lowest BCUT2D eigenvalue weighted by molar-refractivity contribution is 0.150. The zero-order chi connectivity index (χ0) is 16.8. The summed E-state index contributed by atoms with van der Waals surface area (Å²) in [6, 6.07) is 9.81. The predicted molar refractivity (Wildman–Crippen MR) is 104 cm³/mol. The zero-order valence-corrected chi connectivity index (χ0v) is 16.2. The maximum atomic E-state index is 4.38. The maximum Gasteiger partial charge on any atom is 0.191 e. The van der Waals surface area contributed by atoms with E-state index in [-0.39, 0.29) is 0 Å². The van der Waals surface area contributed by atoms with Gasteiger partial charge in [-0.25, -0.2) is 0 Å². The molecule has 0 amide bonds. The Morgan fingerprint density at radius 1 is 1.12 bits per heavy atom. The van der Waals surface area contributed by atoms with Crippen molar-refractivity contribution >= 4 is 21.9 Å². The average Bonchev–Trinajstić information content (AvgIpc) is 3.15. The lowest BCUT2D eigenvalue weighted by Gasteiger charge is -2.36. The SMILES string of the molecule is CN=C(NCc1ccc(Br)cc1)NC1CCN(C2CCCC2)CC1. The van der Waals surface area contributed by atoms with Crippen LogP contribution in [0.3, 0.4) is 0 Å². The summed E-state index contributed by atoms with van der Waals surface area (Å²) in [4.78, 5) is 7.09. The standard InChI is InChI=1S/C19H29BrN4/c1-21-19(22-14-15-6-8-16(20)9-7-15)23-17-10-12-24(13-11-17)18-4-2-3-5-18/h6-9,17-18H,2-5,10-14H2,1H3,(H2,21,22,23). The Labute approximate surface area is 154 Å². The van der Waals surface area contributed by atoms with Gasteiger partial charge in [0.15, 0.2) is 5.96 Å². The number of likely N-dealkylation sites (tertiary alicyclic amines) is 1. The van der Waals surface area contributed by atoms with Gasteiger partial charge < -0.3 is 15.5 Å². The number of halogens is 1. The van der Waals surface area contributed by atoms with Gasteiger partial charge >= 0.3 is 0 Å². The van der Waals surface area contributed by atoms with Crippen LogP contribution in [0.5, 0.6) is 0 Å². The minimum Gasteiger partial charge on any atom is -0.354 e. The van der Waals surface area contributed by atoms with Gasteiger partial charge in [-0.15, -0.1) is 0 Å². The second-order valence-corrected chi connectivity index (χ2v) is 7.86. The molecule has 0 spiro atoms. The molecule has 1 aromatic rings. The summed E-state index contributed by atoms with van der Waals surface area (Å²) in [6.07, 6.45) is 8.11. The molecule has 1 aliphatic heterocycles. The molecule has 0 unspecified atom stereocenters. The number of guanidine groups is 1. The van der Waals surface area contributed by atoms with Gasteiger partial charge in [-0.3, -0.25) is 4.99 Å². The van der Waals surface area contributed by atoms with Gasteiger partial charge in [0.05, 0.1) is 0 Å². The predicted octanol–water partition coefficient (Wildman–Crippen LogP) is 3.52. The highest BCUT2D eigenvalue weighted by atomic mass is 79.9. The number of benzene rings is 1. The van der Waals surface area contributed by atoms with Gasteiger partial charge in [0.2, 0.25) is 0 Å². The summed E-state index contributed by atoms with van der Waals surface area (Å²) in [6.45, 7) is 3.26. The first-order chi connectivity index (χ1) is 11.7. The fourth-order valence-corrected chi connectivity index (χ4v) is 4.12. The van der Waals surface area contributed by atoms with Crippen molar-refractivity contribution in [1.29, 1.82) is 0 Å². The number of nitrogens with zero attached hydrogens (tertiary/aromatic N) is 2. The maximum absolute atomic E-state index is 4.38. The quantitative estimate of drug-likeness (QED) is 0.608. The molecule has 2 N–H and O–H groups in total. The summed E-state index contributed by atoms with van der Waals surface area (Å²) in [5, 5.41) is 7.03. The minimum absolute atomic E-state index is 0.541. The second kappa shape index (κ2) is 8.86. The van der Waals surface area contributed by atoms with Crippen LogP contribution in [0, 0.1) is 0 Å². The Balaban J connectivity index is 1.42. The van der Waals surface area contributed by atoms with E-state index >= 15 is 0 Å². The van der Waals surface area contributed by atoms with Crippen molar-refractivity contribution in [2.75, 3.05) is 20.1 Å². The van der Waals surface area contributed by atoms with Crippen molar-refractivity contribution in [3.05, 3.63) is 34.3 Å². The van der Waals surface area contributed by atoms with Crippen LogP contribution >= 0.6 is 15.9 Å². The van der Waals surface area contributed by atoms with Crippen LogP contribution in [0.2, 0.25) is 0 Å². The number of hydrogen-bond acceptors (Lipinski definition) is 2. The molecule has 1 aromatic carbocycles. The molecule has 3 rings (SSSR count). The van der Waals surface area contributed by atoms with Crippen molar-refractivity contribution < 1.29 is 0 Å². The van der Waals surface area contributed by atoms with Gasteiger partial charge in [-0.1, -0.05) is 40.9 Å². The van der Waals surface area contributed by atoms with Crippen molar-refractivity contribution in [2.24, 2.45) is 4.99 Å². The third kappa shape index (κ3) is 4.96. The highest BCUT2D eigenvalue weighted by Gasteiger charge is 2.27. The highest BCUT2D eigenvalue weighted by molar-refractivity contribution is 9.10. The summed E-state index contributed by atoms with van der Waals surface area (Å²) in [7, 11) is 1.85. The Bertz CT molecular complexity index is 529. The molecule has 4 nitrogen and oxygen atoms in total. The van der Waals surface area contributed by atoms with Crippen LogP contribution in [0.15, 0.2) is 33.7 Å². The van der Waals surface area contributed by atoms with Crippen LogP contribution < -0.4 is 10.6 Å². The third-order valence-electron chi connectivity index (χ3n) is 5.31. The topological polar surface area (TPSA) is 39.7 Å². The smallest absolute Gasteiger partial charge is 0.191 e. The van der Waals surface area contributed by atoms with Gasteiger partial charge in [-0.2, -0.15) is 0 Å². The van der Waals surface area contributed by atoms with Crippen LogP contribution in [-0.4, -0.2) is 43.1 Å². The lowest BCUT2D eigenvalue weighted by Crippen LogP contribution is -2.50. The third-order valence-corrected chi connectivity index (χ3v) is 5.84. The fraction of sp³-hybridized carbons (Fsp3) is 0.632. The monoisotopic (exact) mass is 392 g/mol. The van der Waals surface area contributed by atoms with Crippen molar-refractivity contribution in [2.45, 2.75) is 57.2 Å². The first kappa shape index (κ1) is 17.7. The highest BCUT2D eigenvalue weighted by Crippen LogP contribution is 2.26. The molecule has 1 aliphatic carbocycles. The summed E-state index contributed by atoms with van der Waals surface area (Å²) in [5.74, 6) is 0.914. The average molecular weight is 393 g/mol. The van der Waals surface area contributed by atoms with E-state index in [1.807, 2.05) is 7.05 Å². The molecule has 1 heterocycles. The molecular formula is C19H29BrN4. The Kier molecular flexibility index (Phi) is 6.55. The van der Waals surface area contributed by atoms with Gasteiger partial charge in [0.25, 0.3) is 0 Å². The lowest BCUT2D eigenvalue weighted by atomic mass is 10.0. The van der Waals surface area contributed by atoms with Crippen LogP contribution in [0.1, 0.15) is 44.1 Å². The van der Waals surface area contributed by atoms with E-state index in [4.69, 9.17) is 0 Å². The van der Waals surface area contributed by atoms with E-state index in [1.54, 1.807) is 0 Å². The van der Waals surface area contributed by atoms with E-state index in [2.05, 4.69) is 60.7 Å². The molecule has 1 saturated carbocycles. The molecule has 0 atom stereocenters. The van der Waals surface area contributed by atoms with E-state index in [0.29, 0.717) is 6.04 Å². The van der Waals surface area contributed by atoms with Crippen molar-refractivity contribution in [3.8, 4) is 0 Å². The number of hydrogen-bond donors (Lipinski definition) is 2. The van der Waals surface area contributed by atoms with Crippen LogP contribution in [0.25, 0.3) is 0 Å². The number of aliphatic imine (C=N–C) groups is 1. The summed E-state index contributed by atoms with van der Waals surface area (Å²) in [5.41, 5.74) is 1.26. The number of nitrogens with one attached hydrogen (secondary N) is 2. The van der Waals surface area contributed by atoms with Crippen molar-refractivity contribution in [3.63, 3.8) is 0 Å². The Hall–Kier alpha value is -1.07. The molecule has 132 valence electrons. The Morgan fingerprint density at radius 3 is 2.42 bits per heavy atom. The summed E-state index contributed by atoms with van der Waals surface area (Å²) >= 11 is 3.47.